The standard InChI is InChI=1S/C12H11ClF3N3/c13-9-2-1-3-10(6-9)19-11(12(14,15)16)8(4-5-17)7-18-19/h1-3,6-7H,4-5,17H2. The summed E-state index contributed by atoms with van der Waals surface area (Å²) in [6.45, 7) is 0.129. The Bertz CT molecular complexity index is 578. The summed E-state index contributed by atoms with van der Waals surface area (Å²) in [7, 11) is 0. The van der Waals surface area contributed by atoms with E-state index in [0.29, 0.717) is 5.02 Å². The largest absolute Gasteiger partial charge is 0.433 e. The van der Waals surface area contributed by atoms with E-state index in [1.807, 2.05) is 0 Å². The molecular weight excluding hydrogens is 279 g/mol. The van der Waals surface area contributed by atoms with E-state index in [4.69, 9.17) is 17.3 Å². The average Bonchev–Trinajstić information content (AvgIpc) is 2.73. The smallest absolute Gasteiger partial charge is 0.330 e. The monoisotopic (exact) mass is 289 g/mol. The van der Waals surface area contributed by atoms with Gasteiger partial charge in [-0.2, -0.15) is 18.3 Å². The lowest BCUT2D eigenvalue weighted by atomic mass is 10.1. The van der Waals surface area contributed by atoms with Crippen LogP contribution in [-0.4, -0.2) is 16.3 Å². The quantitative estimate of drug-likeness (QED) is 0.944. The van der Waals surface area contributed by atoms with Crippen molar-refractivity contribution in [3.8, 4) is 5.69 Å². The molecule has 0 radical (unpaired) electrons. The summed E-state index contributed by atoms with van der Waals surface area (Å²) >= 11 is 5.79. The van der Waals surface area contributed by atoms with Gasteiger partial charge in [-0.1, -0.05) is 17.7 Å². The number of hydrogen-bond acceptors (Lipinski definition) is 2. The van der Waals surface area contributed by atoms with Gasteiger partial charge in [0.2, 0.25) is 0 Å². The van der Waals surface area contributed by atoms with Gasteiger partial charge in [0.05, 0.1) is 11.9 Å². The Morgan fingerprint density at radius 3 is 2.63 bits per heavy atom. The van der Waals surface area contributed by atoms with Gasteiger partial charge in [0.15, 0.2) is 5.69 Å². The molecule has 7 heteroatoms. The van der Waals surface area contributed by atoms with E-state index in [1.165, 1.54) is 18.3 Å². The fourth-order valence-corrected chi connectivity index (χ4v) is 2.01. The zero-order valence-electron chi connectivity index (χ0n) is 9.78. The molecule has 102 valence electrons. The molecule has 0 amide bonds. The maximum absolute atomic E-state index is 13.1. The van der Waals surface area contributed by atoms with Crippen molar-refractivity contribution in [2.24, 2.45) is 5.73 Å². The van der Waals surface area contributed by atoms with E-state index in [0.717, 1.165) is 4.68 Å². The molecule has 19 heavy (non-hydrogen) atoms. The molecule has 0 spiro atoms. The van der Waals surface area contributed by atoms with Crippen molar-refractivity contribution in [2.45, 2.75) is 12.6 Å². The van der Waals surface area contributed by atoms with Crippen LogP contribution in [0.5, 0.6) is 0 Å². The van der Waals surface area contributed by atoms with Crippen molar-refractivity contribution in [1.82, 2.24) is 9.78 Å². The number of nitrogens with zero attached hydrogens (tertiary/aromatic N) is 2. The number of rotatable bonds is 3. The summed E-state index contributed by atoms with van der Waals surface area (Å²) in [4.78, 5) is 0. The van der Waals surface area contributed by atoms with E-state index < -0.39 is 11.9 Å². The molecule has 0 atom stereocenters. The van der Waals surface area contributed by atoms with Crippen molar-refractivity contribution in [1.29, 1.82) is 0 Å². The molecule has 1 aromatic carbocycles. The van der Waals surface area contributed by atoms with Gasteiger partial charge in [0.1, 0.15) is 0 Å². The number of nitrogens with two attached hydrogens (primary N) is 1. The molecule has 1 aromatic heterocycles. The maximum atomic E-state index is 13.1. The molecule has 0 aliphatic rings. The first kappa shape index (κ1) is 13.9. The van der Waals surface area contributed by atoms with E-state index in [1.54, 1.807) is 12.1 Å². The van der Waals surface area contributed by atoms with Crippen LogP contribution in [0, 0.1) is 0 Å². The van der Waals surface area contributed by atoms with Gasteiger partial charge in [-0.3, -0.25) is 0 Å². The first-order chi connectivity index (χ1) is 8.93. The first-order valence-corrected chi connectivity index (χ1v) is 5.91. The van der Waals surface area contributed by atoms with Crippen LogP contribution in [0.1, 0.15) is 11.3 Å². The van der Waals surface area contributed by atoms with Crippen LogP contribution in [0.25, 0.3) is 5.69 Å². The molecule has 0 saturated carbocycles. The summed E-state index contributed by atoms with van der Waals surface area (Å²) in [5.74, 6) is 0. The number of alkyl halides is 3. The Hall–Kier alpha value is -1.53. The van der Waals surface area contributed by atoms with Crippen molar-refractivity contribution in [3.05, 3.63) is 46.7 Å². The molecule has 0 fully saturated rings. The molecule has 0 bridgehead atoms. The van der Waals surface area contributed by atoms with Gasteiger partial charge >= 0.3 is 6.18 Å². The highest BCUT2D eigenvalue weighted by Crippen LogP contribution is 2.34. The Morgan fingerprint density at radius 1 is 1.32 bits per heavy atom. The van der Waals surface area contributed by atoms with Crippen LogP contribution in [-0.2, 0) is 12.6 Å². The lowest BCUT2D eigenvalue weighted by Crippen LogP contribution is -2.16. The topological polar surface area (TPSA) is 43.8 Å². The molecule has 3 nitrogen and oxygen atoms in total. The highest BCUT2D eigenvalue weighted by molar-refractivity contribution is 6.30. The Labute approximate surface area is 112 Å². The van der Waals surface area contributed by atoms with Gasteiger partial charge in [-0.25, -0.2) is 4.68 Å². The third-order valence-electron chi connectivity index (χ3n) is 2.58. The second kappa shape index (κ2) is 5.22. The molecule has 0 aliphatic heterocycles. The maximum Gasteiger partial charge on any atom is 0.433 e. The van der Waals surface area contributed by atoms with Crippen molar-refractivity contribution in [2.75, 3.05) is 6.54 Å². The molecule has 2 rings (SSSR count). The Morgan fingerprint density at radius 2 is 2.05 bits per heavy atom. The van der Waals surface area contributed by atoms with Crippen molar-refractivity contribution >= 4 is 11.6 Å². The Balaban J connectivity index is 2.58. The summed E-state index contributed by atoms with van der Waals surface area (Å²) < 4.78 is 40.2. The average molecular weight is 290 g/mol. The van der Waals surface area contributed by atoms with Crippen LogP contribution < -0.4 is 5.73 Å². The number of halogens is 4. The number of benzene rings is 1. The Kier molecular flexibility index (Phi) is 3.82. The van der Waals surface area contributed by atoms with E-state index in [-0.39, 0.29) is 24.2 Å². The van der Waals surface area contributed by atoms with Crippen molar-refractivity contribution in [3.63, 3.8) is 0 Å². The van der Waals surface area contributed by atoms with Gasteiger partial charge in [-0.05, 0) is 31.2 Å². The third kappa shape index (κ3) is 2.90. The normalized spacial score (nSPS) is 11.8. The number of aromatic nitrogens is 2. The highest BCUT2D eigenvalue weighted by Gasteiger charge is 2.38. The molecular formula is C12H11ClF3N3. The summed E-state index contributed by atoms with van der Waals surface area (Å²) in [5, 5.41) is 4.14. The lowest BCUT2D eigenvalue weighted by molar-refractivity contribution is -0.143. The predicted octanol–water partition coefficient (Wildman–Crippen LogP) is 3.05. The van der Waals surface area contributed by atoms with Crippen LogP contribution in [0.15, 0.2) is 30.5 Å². The lowest BCUT2D eigenvalue weighted by Gasteiger charge is -2.12. The first-order valence-electron chi connectivity index (χ1n) is 5.53. The minimum absolute atomic E-state index is 0.0787. The van der Waals surface area contributed by atoms with E-state index in [2.05, 4.69) is 5.10 Å². The summed E-state index contributed by atoms with van der Waals surface area (Å²) in [5.41, 5.74) is 4.86. The summed E-state index contributed by atoms with van der Waals surface area (Å²) in [6.07, 6.45) is -3.19. The SMILES string of the molecule is NCCc1cnn(-c2cccc(Cl)c2)c1C(F)(F)F. The van der Waals surface area contributed by atoms with Crippen molar-refractivity contribution < 1.29 is 13.2 Å². The second-order valence-electron chi connectivity index (χ2n) is 3.95. The fraction of sp³-hybridized carbons (Fsp3) is 0.250. The van der Waals surface area contributed by atoms with Crippen LogP contribution in [0.2, 0.25) is 5.02 Å². The highest BCUT2D eigenvalue weighted by atomic mass is 35.5. The van der Waals surface area contributed by atoms with Gasteiger partial charge < -0.3 is 5.73 Å². The molecule has 0 aliphatic carbocycles. The van der Waals surface area contributed by atoms with E-state index in [9.17, 15) is 13.2 Å². The number of hydrogen-bond donors (Lipinski definition) is 1. The fourth-order valence-electron chi connectivity index (χ4n) is 1.83. The van der Waals surface area contributed by atoms with Gasteiger partial charge in [0, 0.05) is 10.6 Å². The molecule has 1 heterocycles. The van der Waals surface area contributed by atoms with Crippen LogP contribution >= 0.6 is 11.6 Å². The van der Waals surface area contributed by atoms with Gasteiger partial charge in [0.25, 0.3) is 0 Å². The third-order valence-corrected chi connectivity index (χ3v) is 2.82. The van der Waals surface area contributed by atoms with E-state index >= 15 is 0 Å². The zero-order chi connectivity index (χ0) is 14.0. The molecule has 2 N–H and O–H groups in total. The second-order valence-corrected chi connectivity index (χ2v) is 4.38. The van der Waals surface area contributed by atoms with Crippen LogP contribution in [0.3, 0.4) is 0 Å². The molecule has 0 unspecified atom stereocenters. The minimum Gasteiger partial charge on any atom is -0.330 e. The van der Waals surface area contributed by atoms with Gasteiger partial charge in [-0.15, -0.1) is 0 Å². The predicted molar refractivity (Wildman–Crippen MR) is 66.3 cm³/mol. The minimum atomic E-state index is -4.50. The molecule has 0 saturated heterocycles. The summed E-state index contributed by atoms with van der Waals surface area (Å²) in [6, 6.07) is 6.10. The van der Waals surface area contributed by atoms with Crippen LogP contribution in [0.4, 0.5) is 13.2 Å². The molecule has 2 aromatic rings. The zero-order valence-corrected chi connectivity index (χ0v) is 10.5.